The molecule has 5 heteroatoms. The highest BCUT2D eigenvalue weighted by Crippen LogP contribution is 2.10. The first-order chi connectivity index (χ1) is 9.13. The Hall–Kier alpha value is -0.940. The number of aryl methyl sites for hydroxylation is 1. The van der Waals surface area contributed by atoms with Crippen molar-refractivity contribution < 1.29 is 4.52 Å². The standard InChI is InChI=1S/C14H26N4O/c1-11(2)9-13-10-18(7-4-6-15-13)8-5-14-16-12(3)17-19-14/h11,13,15H,4-10H2,1-3H3. The molecule has 5 nitrogen and oxygen atoms in total. The quantitative estimate of drug-likeness (QED) is 0.878. The van der Waals surface area contributed by atoms with Crippen molar-refractivity contribution in [3.63, 3.8) is 0 Å². The number of nitrogens with one attached hydrogen (secondary N) is 1. The molecule has 2 rings (SSSR count). The van der Waals surface area contributed by atoms with Crippen LogP contribution in [0.2, 0.25) is 0 Å². The van der Waals surface area contributed by atoms with Gasteiger partial charge in [0.15, 0.2) is 5.82 Å². The van der Waals surface area contributed by atoms with Gasteiger partial charge in [-0.1, -0.05) is 19.0 Å². The normalized spacial score (nSPS) is 21.8. The zero-order chi connectivity index (χ0) is 13.7. The number of nitrogens with zero attached hydrogens (tertiary/aromatic N) is 3. The van der Waals surface area contributed by atoms with E-state index in [0.717, 1.165) is 50.2 Å². The van der Waals surface area contributed by atoms with Gasteiger partial charge >= 0.3 is 0 Å². The Morgan fingerprint density at radius 1 is 1.47 bits per heavy atom. The maximum Gasteiger partial charge on any atom is 0.227 e. The predicted molar refractivity (Wildman–Crippen MR) is 75.0 cm³/mol. The van der Waals surface area contributed by atoms with Crippen LogP contribution in [-0.4, -0.2) is 47.3 Å². The van der Waals surface area contributed by atoms with Gasteiger partial charge in [-0.25, -0.2) is 0 Å². The van der Waals surface area contributed by atoms with Crippen LogP contribution in [0, 0.1) is 12.8 Å². The Bertz CT molecular complexity index is 377. The van der Waals surface area contributed by atoms with Gasteiger partial charge in [-0.2, -0.15) is 4.98 Å². The lowest BCUT2D eigenvalue weighted by atomic mass is 10.0. The van der Waals surface area contributed by atoms with Crippen molar-refractivity contribution in [1.82, 2.24) is 20.4 Å². The Kier molecular flexibility index (Phi) is 5.34. The maximum atomic E-state index is 5.17. The SMILES string of the molecule is Cc1noc(CCN2CCCNC(CC(C)C)C2)n1. The second-order valence-corrected chi connectivity index (χ2v) is 5.92. The molecule has 1 aromatic heterocycles. The zero-order valence-corrected chi connectivity index (χ0v) is 12.4. The van der Waals surface area contributed by atoms with Gasteiger partial charge in [0.05, 0.1) is 0 Å². The van der Waals surface area contributed by atoms with Gasteiger partial charge in [0.2, 0.25) is 5.89 Å². The molecule has 108 valence electrons. The van der Waals surface area contributed by atoms with Crippen molar-refractivity contribution in [2.45, 2.75) is 46.1 Å². The van der Waals surface area contributed by atoms with Crippen LogP contribution in [0.15, 0.2) is 4.52 Å². The van der Waals surface area contributed by atoms with E-state index < -0.39 is 0 Å². The molecule has 1 unspecified atom stereocenters. The third kappa shape index (κ3) is 4.91. The van der Waals surface area contributed by atoms with E-state index in [1.807, 2.05) is 6.92 Å². The highest BCUT2D eigenvalue weighted by atomic mass is 16.5. The van der Waals surface area contributed by atoms with Crippen LogP contribution in [0.1, 0.15) is 38.4 Å². The molecule has 1 atom stereocenters. The van der Waals surface area contributed by atoms with Crippen molar-refractivity contribution in [3.05, 3.63) is 11.7 Å². The summed E-state index contributed by atoms with van der Waals surface area (Å²) in [7, 11) is 0. The highest BCUT2D eigenvalue weighted by Gasteiger charge is 2.18. The van der Waals surface area contributed by atoms with E-state index in [1.165, 1.54) is 12.8 Å². The summed E-state index contributed by atoms with van der Waals surface area (Å²) >= 11 is 0. The van der Waals surface area contributed by atoms with Crippen LogP contribution >= 0.6 is 0 Å². The molecule has 2 heterocycles. The lowest BCUT2D eigenvalue weighted by Crippen LogP contribution is -2.39. The largest absolute Gasteiger partial charge is 0.339 e. The Morgan fingerprint density at radius 2 is 2.32 bits per heavy atom. The number of hydrogen-bond acceptors (Lipinski definition) is 5. The summed E-state index contributed by atoms with van der Waals surface area (Å²) in [5.41, 5.74) is 0. The van der Waals surface area contributed by atoms with E-state index in [-0.39, 0.29) is 0 Å². The van der Waals surface area contributed by atoms with E-state index >= 15 is 0 Å². The summed E-state index contributed by atoms with van der Waals surface area (Å²) in [6, 6.07) is 0.618. The van der Waals surface area contributed by atoms with Crippen LogP contribution in [0.25, 0.3) is 0 Å². The second-order valence-electron chi connectivity index (χ2n) is 5.92. The minimum Gasteiger partial charge on any atom is -0.339 e. The minimum absolute atomic E-state index is 0.618. The van der Waals surface area contributed by atoms with E-state index in [9.17, 15) is 0 Å². The van der Waals surface area contributed by atoms with Crippen molar-refractivity contribution in [2.24, 2.45) is 5.92 Å². The van der Waals surface area contributed by atoms with Crippen molar-refractivity contribution in [1.29, 1.82) is 0 Å². The van der Waals surface area contributed by atoms with Gasteiger partial charge in [0, 0.05) is 25.6 Å². The smallest absolute Gasteiger partial charge is 0.227 e. The molecule has 0 aliphatic carbocycles. The lowest BCUT2D eigenvalue weighted by Gasteiger charge is -2.24. The maximum absolute atomic E-state index is 5.17. The molecule has 1 aliphatic rings. The second kappa shape index (κ2) is 7.01. The van der Waals surface area contributed by atoms with Crippen LogP contribution in [0.4, 0.5) is 0 Å². The topological polar surface area (TPSA) is 54.2 Å². The zero-order valence-electron chi connectivity index (χ0n) is 12.4. The lowest BCUT2D eigenvalue weighted by molar-refractivity contribution is 0.247. The fraction of sp³-hybridized carbons (Fsp3) is 0.857. The van der Waals surface area contributed by atoms with Crippen molar-refractivity contribution >= 4 is 0 Å². The molecule has 0 bridgehead atoms. The van der Waals surface area contributed by atoms with Crippen LogP contribution in [-0.2, 0) is 6.42 Å². The summed E-state index contributed by atoms with van der Waals surface area (Å²) in [6.07, 6.45) is 3.32. The average molecular weight is 266 g/mol. The number of rotatable bonds is 5. The van der Waals surface area contributed by atoms with Gasteiger partial charge in [-0.15, -0.1) is 0 Å². The predicted octanol–water partition coefficient (Wildman–Crippen LogP) is 1.63. The molecule has 0 saturated carbocycles. The molecule has 0 aromatic carbocycles. The minimum atomic E-state index is 0.618. The third-order valence-electron chi connectivity index (χ3n) is 3.53. The average Bonchev–Trinajstić information content (AvgIpc) is 2.63. The first kappa shape index (κ1) is 14.5. The van der Waals surface area contributed by atoms with Crippen LogP contribution in [0.5, 0.6) is 0 Å². The van der Waals surface area contributed by atoms with E-state index in [2.05, 4.69) is 34.2 Å². The van der Waals surface area contributed by atoms with E-state index in [1.54, 1.807) is 0 Å². The summed E-state index contributed by atoms with van der Waals surface area (Å²) in [4.78, 5) is 6.79. The summed E-state index contributed by atoms with van der Waals surface area (Å²) in [5, 5.41) is 7.49. The fourth-order valence-corrected chi connectivity index (χ4v) is 2.70. The molecule has 0 spiro atoms. The molecule has 0 radical (unpaired) electrons. The van der Waals surface area contributed by atoms with Gasteiger partial charge in [-0.05, 0) is 38.8 Å². The summed E-state index contributed by atoms with van der Waals surface area (Å²) in [5.74, 6) is 2.23. The van der Waals surface area contributed by atoms with Gasteiger partial charge in [0.1, 0.15) is 0 Å². The first-order valence-electron chi connectivity index (χ1n) is 7.38. The molecule has 1 aliphatic heterocycles. The summed E-state index contributed by atoms with van der Waals surface area (Å²) in [6.45, 7) is 10.9. The Labute approximate surface area is 115 Å². The van der Waals surface area contributed by atoms with Gasteiger partial charge in [-0.3, -0.25) is 0 Å². The summed E-state index contributed by atoms with van der Waals surface area (Å²) < 4.78 is 5.17. The first-order valence-corrected chi connectivity index (χ1v) is 7.38. The van der Waals surface area contributed by atoms with E-state index in [4.69, 9.17) is 4.52 Å². The molecule has 1 fully saturated rings. The van der Waals surface area contributed by atoms with Crippen LogP contribution in [0.3, 0.4) is 0 Å². The highest BCUT2D eigenvalue weighted by molar-refractivity contribution is 4.85. The molecule has 1 aromatic rings. The molecule has 1 N–H and O–H groups in total. The fourth-order valence-electron chi connectivity index (χ4n) is 2.70. The van der Waals surface area contributed by atoms with E-state index in [0.29, 0.717) is 6.04 Å². The Morgan fingerprint density at radius 3 is 3.00 bits per heavy atom. The number of hydrogen-bond donors (Lipinski definition) is 1. The molecular formula is C14H26N4O. The Balaban J connectivity index is 1.81. The van der Waals surface area contributed by atoms with Gasteiger partial charge < -0.3 is 14.7 Å². The monoisotopic (exact) mass is 266 g/mol. The third-order valence-corrected chi connectivity index (χ3v) is 3.53. The van der Waals surface area contributed by atoms with Crippen LogP contribution < -0.4 is 5.32 Å². The molecule has 19 heavy (non-hydrogen) atoms. The van der Waals surface area contributed by atoms with Crippen molar-refractivity contribution in [2.75, 3.05) is 26.2 Å². The van der Waals surface area contributed by atoms with Gasteiger partial charge in [0.25, 0.3) is 0 Å². The number of aromatic nitrogens is 2. The van der Waals surface area contributed by atoms with Crippen molar-refractivity contribution in [3.8, 4) is 0 Å². The molecule has 1 saturated heterocycles. The molecule has 0 amide bonds. The molecular weight excluding hydrogens is 240 g/mol.